The highest BCUT2D eigenvalue weighted by molar-refractivity contribution is 6.15. The number of benzene rings is 2. The molecule has 0 aliphatic carbocycles. The molecular weight excluding hydrogens is 344 g/mol. The zero-order valence-electron chi connectivity index (χ0n) is 16.7. The first-order valence-corrected chi connectivity index (χ1v) is 9.26. The van der Waals surface area contributed by atoms with Gasteiger partial charge in [0.25, 0.3) is 0 Å². The third-order valence-electron chi connectivity index (χ3n) is 4.08. The van der Waals surface area contributed by atoms with Crippen LogP contribution in [0.25, 0.3) is 5.70 Å². The third kappa shape index (κ3) is 5.30. The van der Waals surface area contributed by atoms with Crippen LogP contribution in [0, 0.1) is 0 Å². The van der Waals surface area contributed by atoms with Crippen LogP contribution in [0.15, 0.2) is 98.4 Å². The highest BCUT2D eigenvalue weighted by atomic mass is 15.0. The molecule has 0 saturated heterocycles. The van der Waals surface area contributed by atoms with Gasteiger partial charge in [-0.2, -0.15) is 0 Å². The maximum absolute atomic E-state index is 4.74. The molecule has 1 heterocycles. The molecule has 0 unspecified atom stereocenters. The van der Waals surface area contributed by atoms with E-state index in [0.717, 1.165) is 28.1 Å². The summed E-state index contributed by atoms with van der Waals surface area (Å²) in [5.41, 5.74) is 4.84. The van der Waals surface area contributed by atoms with Crippen molar-refractivity contribution in [1.82, 2.24) is 0 Å². The number of amidine groups is 3. The fourth-order valence-electron chi connectivity index (χ4n) is 2.94. The third-order valence-corrected chi connectivity index (χ3v) is 4.08. The van der Waals surface area contributed by atoms with Gasteiger partial charge < -0.3 is 0 Å². The molecule has 2 aromatic carbocycles. The molecule has 4 nitrogen and oxygen atoms in total. The summed E-state index contributed by atoms with van der Waals surface area (Å²) in [5.74, 6) is 1.94. The second kappa shape index (κ2) is 9.00. The predicted molar refractivity (Wildman–Crippen MR) is 120 cm³/mol. The van der Waals surface area contributed by atoms with Gasteiger partial charge in [0.1, 0.15) is 17.5 Å². The minimum absolute atomic E-state index is 0.628. The molecule has 0 radical (unpaired) electrons. The minimum atomic E-state index is 0.628. The fourth-order valence-corrected chi connectivity index (χ4v) is 2.94. The maximum Gasteiger partial charge on any atom is 0.129 e. The minimum Gasteiger partial charge on any atom is -0.233 e. The summed E-state index contributed by atoms with van der Waals surface area (Å²) in [6.07, 6.45) is 4.13. The first-order valence-electron chi connectivity index (χ1n) is 9.26. The summed E-state index contributed by atoms with van der Waals surface area (Å²) in [7, 11) is 0. The Morgan fingerprint density at radius 2 is 1.00 bits per heavy atom. The Hall–Kier alpha value is -3.40. The largest absolute Gasteiger partial charge is 0.233 e. The van der Waals surface area contributed by atoms with Crippen LogP contribution in [-0.2, 0) is 0 Å². The zero-order valence-corrected chi connectivity index (χ0v) is 16.7. The van der Waals surface area contributed by atoms with Gasteiger partial charge in [-0.15, -0.1) is 0 Å². The number of nitrogens with zero attached hydrogens (tertiary/aromatic N) is 4. The Morgan fingerprint density at radius 3 is 1.61 bits per heavy atom. The van der Waals surface area contributed by atoms with E-state index < -0.39 is 0 Å². The lowest BCUT2D eigenvalue weighted by molar-refractivity contribution is 1.38. The zero-order chi connectivity index (χ0) is 19.9. The monoisotopic (exact) mass is 368 g/mol. The smallest absolute Gasteiger partial charge is 0.129 e. The highest BCUT2D eigenvalue weighted by Crippen LogP contribution is 2.19. The van der Waals surface area contributed by atoms with E-state index in [-0.39, 0.29) is 0 Å². The van der Waals surface area contributed by atoms with E-state index in [1.807, 2.05) is 81.4 Å². The van der Waals surface area contributed by atoms with Crippen LogP contribution in [0.2, 0.25) is 0 Å². The molecule has 0 spiro atoms. The van der Waals surface area contributed by atoms with Crippen molar-refractivity contribution in [1.29, 1.82) is 0 Å². The second-order valence-electron chi connectivity index (χ2n) is 6.62. The Morgan fingerprint density at radius 1 is 0.500 bits per heavy atom. The quantitative estimate of drug-likeness (QED) is 0.650. The Bertz CT molecular complexity index is 983. The lowest BCUT2D eigenvalue weighted by Gasteiger charge is -2.07. The van der Waals surface area contributed by atoms with Gasteiger partial charge in [-0.1, -0.05) is 60.7 Å². The molecule has 1 aliphatic heterocycles. The van der Waals surface area contributed by atoms with Crippen molar-refractivity contribution in [2.45, 2.75) is 27.7 Å². The molecule has 0 aromatic heterocycles. The van der Waals surface area contributed by atoms with Crippen LogP contribution in [0.4, 0.5) is 0 Å². The van der Waals surface area contributed by atoms with Crippen LogP contribution in [0.1, 0.15) is 38.8 Å². The summed E-state index contributed by atoms with van der Waals surface area (Å²) < 4.78 is 0. The standard InChI is InChI=1S/C24H24N4/c1-17-15-23(21-11-7-5-8-12-21)27-19(3)25-18(2)26-20(4)28-24(16-17)22-13-9-6-10-14-22/h5-16H,1-4H3/b17-15+,17-16?,23-15?,24-16-,25-18?,25-19?,26-18?,26-20?,27-19?,27-23?,28-20?,28-24?. The maximum atomic E-state index is 4.74. The molecular formula is C24H24N4. The van der Waals surface area contributed by atoms with Crippen molar-refractivity contribution in [2.75, 3.05) is 0 Å². The van der Waals surface area contributed by atoms with E-state index >= 15 is 0 Å². The molecule has 2 aromatic rings. The molecule has 140 valence electrons. The first kappa shape index (κ1) is 19.4. The SMILES string of the molecule is CC1=NC(C)=N/C(c2ccccc2)=C\C(C)=C\C(c2ccccc2)=NC(C)=N1. The van der Waals surface area contributed by atoms with Crippen molar-refractivity contribution >= 4 is 28.9 Å². The van der Waals surface area contributed by atoms with Gasteiger partial charge in [-0.25, -0.2) is 20.0 Å². The molecule has 0 amide bonds. The van der Waals surface area contributed by atoms with E-state index in [1.165, 1.54) is 0 Å². The predicted octanol–water partition coefficient (Wildman–Crippen LogP) is 5.73. The molecule has 1 aliphatic rings. The lowest BCUT2D eigenvalue weighted by atomic mass is 10.1. The molecule has 0 saturated carbocycles. The molecule has 0 bridgehead atoms. The summed E-state index contributed by atoms with van der Waals surface area (Å²) in [5, 5.41) is 0. The normalized spacial score (nSPS) is 19.4. The van der Waals surface area contributed by atoms with Crippen molar-refractivity contribution < 1.29 is 0 Å². The Labute approximate surface area is 166 Å². The summed E-state index contributed by atoms with van der Waals surface area (Å²) >= 11 is 0. The van der Waals surface area contributed by atoms with Gasteiger partial charge in [0.15, 0.2) is 0 Å². The molecule has 28 heavy (non-hydrogen) atoms. The average molecular weight is 368 g/mol. The summed E-state index contributed by atoms with van der Waals surface area (Å²) in [6.45, 7) is 7.68. The first-order chi connectivity index (χ1) is 13.5. The fraction of sp³-hybridized carbons (Fsp3) is 0.167. The van der Waals surface area contributed by atoms with Gasteiger partial charge in [0.05, 0.1) is 11.4 Å². The molecule has 0 fully saturated rings. The van der Waals surface area contributed by atoms with Gasteiger partial charge in [0, 0.05) is 11.1 Å². The van der Waals surface area contributed by atoms with Gasteiger partial charge >= 0.3 is 0 Å². The van der Waals surface area contributed by atoms with Crippen LogP contribution in [0.5, 0.6) is 0 Å². The summed E-state index contributed by atoms with van der Waals surface area (Å²) in [4.78, 5) is 18.5. The Kier molecular flexibility index (Phi) is 6.22. The van der Waals surface area contributed by atoms with E-state index in [1.54, 1.807) is 0 Å². The number of rotatable bonds is 2. The van der Waals surface area contributed by atoms with Crippen LogP contribution in [0.3, 0.4) is 0 Å². The van der Waals surface area contributed by atoms with Crippen molar-refractivity contribution in [3.8, 4) is 0 Å². The van der Waals surface area contributed by atoms with Gasteiger partial charge in [-0.3, -0.25) is 0 Å². The van der Waals surface area contributed by atoms with E-state index in [0.29, 0.717) is 17.5 Å². The van der Waals surface area contributed by atoms with Crippen molar-refractivity contribution in [3.05, 3.63) is 89.5 Å². The van der Waals surface area contributed by atoms with Crippen LogP contribution < -0.4 is 0 Å². The van der Waals surface area contributed by atoms with Crippen molar-refractivity contribution in [2.24, 2.45) is 20.0 Å². The highest BCUT2D eigenvalue weighted by Gasteiger charge is 2.06. The van der Waals surface area contributed by atoms with Crippen molar-refractivity contribution in [3.63, 3.8) is 0 Å². The summed E-state index contributed by atoms with van der Waals surface area (Å²) in [6, 6.07) is 20.2. The number of hydrogen-bond acceptors (Lipinski definition) is 4. The van der Waals surface area contributed by atoms with Gasteiger partial charge in [0.2, 0.25) is 0 Å². The van der Waals surface area contributed by atoms with E-state index in [9.17, 15) is 0 Å². The van der Waals surface area contributed by atoms with Crippen LogP contribution in [-0.4, -0.2) is 23.2 Å². The molecule has 0 atom stereocenters. The number of allylic oxidation sites excluding steroid dienone is 3. The van der Waals surface area contributed by atoms with E-state index in [4.69, 9.17) is 9.98 Å². The average Bonchev–Trinajstić information content (AvgIpc) is 2.67. The second-order valence-corrected chi connectivity index (χ2v) is 6.62. The molecule has 0 N–H and O–H groups in total. The number of hydrogen-bond donors (Lipinski definition) is 0. The molecule has 3 rings (SSSR count). The lowest BCUT2D eigenvalue weighted by Crippen LogP contribution is -2.04. The van der Waals surface area contributed by atoms with E-state index in [2.05, 4.69) is 29.1 Å². The Balaban J connectivity index is 2.19. The number of aliphatic imine (C=N–C) groups is 4. The van der Waals surface area contributed by atoms with Crippen LogP contribution >= 0.6 is 0 Å². The van der Waals surface area contributed by atoms with Gasteiger partial charge in [-0.05, 0) is 45.4 Å². The molecule has 4 heteroatoms. The topological polar surface area (TPSA) is 49.4 Å².